The molecule has 1 aromatic carbocycles. The van der Waals surface area contributed by atoms with Gasteiger partial charge in [0.25, 0.3) is 0 Å². The molecule has 1 saturated heterocycles. The lowest BCUT2D eigenvalue weighted by atomic mass is 9.93. The van der Waals surface area contributed by atoms with Crippen LogP contribution in [0, 0.1) is 23.1 Å². The van der Waals surface area contributed by atoms with Gasteiger partial charge in [-0.2, -0.15) is 9.65 Å². The van der Waals surface area contributed by atoms with E-state index in [9.17, 15) is 9.90 Å². The third-order valence-electron chi connectivity index (χ3n) is 5.63. The van der Waals surface area contributed by atoms with E-state index in [1.165, 1.54) is 6.33 Å². The molecule has 0 unspecified atom stereocenters. The molecule has 2 aromatic rings. The van der Waals surface area contributed by atoms with Gasteiger partial charge in [0, 0.05) is 32.1 Å². The smallest absolute Gasteiger partial charge is 0.231 e. The van der Waals surface area contributed by atoms with E-state index in [1.54, 1.807) is 17.0 Å². The van der Waals surface area contributed by atoms with Gasteiger partial charge in [-0.15, -0.1) is 0 Å². The van der Waals surface area contributed by atoms with Crippen LogP contribution in [0.5, 0.6) is 0 Å². The predicted octanol–water partition coefficient (Wildman–Crippen LogP) is 1.09. The van der Waals surface area contributed by atoms with Crippen LogP contribution in [0.4, 0.5) is 16.0 Å². The number of hydrogen-bond donors (Lipinski definition) is 3. The standard InChI is InChI=1S/C22H28FN7O2/c1-2-30(11-16-5-3-15(9-24)4-6-16)22-20(23)21(27-14-28-22)26-10-17-7-8-29(12-18(17)31)13-19(25)32/h3-6,14,17-18,31H,2,7-8,10-13H2,1H3,(H2,25,32)(H,26,27,28)/t17-,18+/m1/s1. The normalized spacial score (nSPS) is 18.7. The van der Waals surface area contributed by atoms with E-state index in [1.807, 2.05) is 24.0 Å². The van der Waals surface area contributed by atoms with Crippen LogP contribution in [0.2, 0.25) is 0 Å². The van der Waals surface area contributed by atoms with Crippen molar-refractivity contribution >= 4 is 17.5 Å². The molecule has 0 bridgehead atoms. The number of β-amino-alcohol motifs (C(OH)–C–C–N with tert-alkyl or cyclic N) is 1. The summed E-state index contributed by atoms with van der Waals surface area (Å²) >= 11 is 0. The molecular weight excluding hydrogens is 413 g/mol. The number of piperidine rings is 1. The highest BCUT2D eigenvalue weighted by molar-refractivity contribution is 5.75. The van der Waals surface area contributed by atoms with Gasteiger partial charge < -0.3 is 21.1 Å². The molecule has 0 saturated carbocycles. The zero-order valence-corrected chi connectivity index (χ0v) is 18.0. The van der Waals surface area contributed by atoms with E-state index < -0.39 is 17.8 Å². The van der Waals surface area contributed by atoms with Crippen molar-refractivity contribution in [2.75, 3.05) is 42.9 Å². The van der Waals surface area contributed by atoms with Gasteiger partial charge in [-0.3, -0.25) is 9.69 Å². The number of nitrogens with one attached hydrogen (secondary N) is 1. The number of carbonyl (C=O) groups excluding carboxylic acids is 1. The first-order valence-corrected chi connectivity index (χ1v) is 10.6. The Hall–Kier alpha value is -3.29. The second-order valence-corrected chi connectivity index (χ2v) is 7.88. The number of rotatable bonds is 9. The molecule has 0 spiro atoms. The molecule has 32 heavy (non-hydrogen) atoms. The summed E-state index contributed by atoms with van der Waals surface area (Å²) in [4.78, 5) is 22.9. The van der Waals surface area contributed by atoms with Crippen LogP contribution < -0.4 is 16.0 Å². The van der Waals surface area contributed by atoms with E-state index in [2.05, 4.69) is 21.4 Å². The molecule has 9 nitrogen and oxygen atoms in total. The summed E-state index contributed by atoms with van der Waals surface area (Å²) in [7, 11) is 0. The van der Waals surface area contributed by atoms with Crippen molar-refractivity contribution in [1.29, 1.82) is 5.26 Å². The number of hydrogen-bond acceptors (Lipinski definition) is 8. The summed E-state index contributed by atoms with van der Waals surface area (Å²) in [6.45, 7) is 4.33. The number of nitrogens with two attached hydrogens (primary N) is 1. The topological polar surface area (TPSA) is 131 Å². The van der Waals surface area contributed by atoms with E-state index in [0.717, 1.165) is 5.56 Å². The third kappa shape index (κ3) is 5.90. The predicted molar refractivity (Wildman–Crippen MR) is 118 cm³/mol. The molecule has 1 aliphatic heterocycles. The monoisotopic (exact) mass is 441 g/mol. The van der Waals surface area contributed by atoms with Crippen LogP contribution in [-0.4, -0.2) is 64.7 Å². The van der Waals surface area contributed by atoms with Gasteiger partial charge in [-0.05, 0) is 37.6 Å². The number of benzene rings is 1. The minimum absolute atomic E-state index is 0.0834. The second-order valence-electron chi connectivity index (χ2n) is 7.88. The molecule has 2 atom stereocenters. The fourth-order valence-corrected chi connectivity index (χ4v) is 3.82. The number of carbonyl (C=O) groups is 1. The van der Waals surface area contributed by atoms with Crippen molar-refractivity contribution < 1.29 is 14.3 Å². The Morgan fingerprint density at radius 1 is 1.41 bits per heavy atom. The number of nitriles is 1. The number of aliphatic hydroxyl groups is 1. The number of primary amides is 1. The Bertz CT molecular complexity index is 964. The van der Waals surface area contributed by atoms with Gasteiger partial charge in [-0.1, -0.05) is 12.1 Å². The number of likely N-dealkylation sites (tertiary alicyclic amines) is 1. The van der Waals surface area contributed by atoms with Crippen molar-refractivity contribution in [3.63, 3.8) is 0 Å². The molecule has 0 aliphatic carbocycles. The molecular formula is C22H28FN7O2. The van der Waals surface area contributed by atoms with Crippen LogP contribution in [0.25, 0.3) is 0 Å². The van der Waals surface area contributed by atoms with Gasteiger partial charge >= 0.3 is 0 Å². The second kappa shape index (κ2) is 10.8. The van der Waals surface area contributed by atoms with Crippen molar-refractivity contribution in [3.8, 4) is 6.07 Å². The molecule has 10 heteroatoms. The summed E-state index contributed by atoms with van der Waals surface area (Å²) < 4.78 is 15.2. The third-order valence-corrected chi connectivity index (χ3v) is 5.63. The van der Waals surface area contributed by atoms with Gasteiger partial charge in [-0.25, -0.2) is 9.97 Å². The Labute approximate surface area is 186 Å². The van der Waals surface area contributed by atoms with E-state index in [4.69, 9.17) is 11.0 Å². The van der Waals surface area contributed by atoms with Crippen molar-refractivity contribution in [3.05, 3.63) is 47.5 Å². The number of halogens is 1. The average Bonchev–Trinajstić information content (AvgIpc) is 2.78. The Morgan fingerprint density at radius 3 is 2.78 bits per heavy atom. The van der Waals surface area contributed by atoms with Gasteiger partial charge in [0.15, 0.2) is 11.6 Å². The van der Waals surface area contributed by atoms with Crippen LogP contribution in [0.1, 0.15) is 24.5 Å². The first-order chi connectivity index (χ1) is 15.4. The summed E-state index contributed by atoms with van der Waals surface area (Å²) in [6.07, 6.45) is 1.32. The lowest BCUT2D eigenvalue weighted by molar-refractivity contribution is -0.120. The van der Waals surface area contributed by atoms with Crippen LogP contribution in [0.3, 0.4) is 0 Å². The highest BCUT2D eigenvalue weighted by Crippen LogP contribution is 2.24. The number of anilines is 2. The highest BCUT2D eigenvalue weighted by Gasteiger charge is 2.28. The fourth-order valence-electron chi connectivity index (χ4n) is 3.82. The Balaban J connectivity index is 1.64. The molecule has 1 amide bonds. The summed E-state index contributed by atoms with van der Waals surface area (Å²) in [6, 6.07) is 9.22. The summed E-state index contributed by atoms with van der Waals surface area (Å²) in [5.41, 5.74) is 6.72. The lowest BCUT2D eigenvalue weighted by Gasteiger charge is -2.35. The van der Waals surface area contributed by atoms with E-state index in [0.29, 0.717) is 44.7 Å². The van der Waals surface area contributed by atoms with Crippen molar-refractivity contribution in [2.24, 2.45) is 11.7 Å². The summed E-state index contributed by atoms with van der Waals surface area (Å²) in [5.74, 6) is -0.807. The number of aliphatic hydroxyl groups excluding tert-OH is 1. The lowest BCUT2D eigenvalue weighted by Crippen LogP contribution is -2.48. The minimum Gasteiger partial charge on any atom is -0.391 e. The molecule has 170 valence electrons. The maximum atomic E-state index is 15.2. The SMILES string of the molecule is CCN(Cc1ccc(C#N)cc1)c1ncnc(NC[C@H]2CCN(CC(N)=O)C[C@@H]2O)c1F. The van der Waals surface area contributed by atoms with Crippen LogP contribution >= 0.6 is 0 Å². The quantitative estimate of drug-likeness (QED) is 0.527. The first kappa shape index (κ1) is 23.4. The van der Waals surface area contributed by atoms with Crippen LogP contribution in [0.15, 0.2) is 30.6 Å². The maximum absolute atomic E-state index is 15.2. The minimum atomic E-state index is -0.650. The van der Waals surface area contributed by atoms with E-state index >= 15 is 4.39 Å². The average molecular weight is 442 g/mol. The Morgan fingerprint density at radius 2 is 2.16 bits per heavy atom. The molecule has 3 rings (SSSR count). The van der Waals surface area contributed by atoms with Crippen molar-refractivity contribution in [1.82, 2.24) is 14.9 Å². The molecule has 2 heterocycles. The van der Waals surface area contributed by atoms with E-state index in [-0.39, 0.29) is 24.1 Å². The number of amides is 1. The van der Waals surface area contributed by atoms with Crippen LogP contribution in [-0.2, 0) is 11.3 Å². The molecule has 1 aliphatic rings. The zero-order valence-electron chi connectivity index (χ0n) is 18.0. The number of nitrogens with zero attached hydrogens (tertiary/aromatic N) is 5. The van der Waals surface area contributed by atoms with Gasteiger partial charge in [0.05, 0.1) is 24.3 Å². The number of aromatic nitrogens is 2. The van der Waals surface area contributed by atoms with Crippen molar-refractivity contribution in [2.45, 2.75) is 26.0 Å². The van der Waals surface area contributed by atoms with Gasteiger partial charge in [0.1, 0.15) is 6.33 Å². The fraction of sp³-hybridized carbons (Fsp3) is 0.455. The largest absolute Gasteiger partial charge is 0.391 e. The molecule has 4 N–H and O–H groups in total. The zero-order chi connectivity index (χ0) is 23.1. The van der Waals surface area contributed by atoms with Gasteiger partial charge in [0.2, 0.25) is 11.7 Å². The first-order valence-electron chi connectivity index (χ1n) is 10.6. The molecule has 1 fully saturated rings. The Kier molecular flexibility index (Phi) is 7.92. The maximum Gasteiger partial charge on any atom is 0.231 e. The highest BCUT2D eigenvalue weighted by atomic mass is 19.1. The summed E-state index contributed by atoms with van der Waals surface area (Å²) in [5, 5.41) is 22.3. The molecule has 1 aromatic heterocycles. The molecule has 0 radical (unpaired) electrons.